The van der Waals surface area contributed by atoms with Gasteiger partial charge in [-0.05, 0) is 42.8 Å². The number of amides is 1. The van der Waals surface area contributed by atoms with Crippen LogP contribution in [0.1, 0.15) is 28.9 Å². The molecule has 4 nitrogen and oxygen atoms in total. The van der Waals surface area contributed by atoms with Crippen molar-refractivity contribution in [3.63, 3.8) is 0 Å². The SMILES string of the molecule is C[C@@H](NC(=O)c1ccc2nc[nH]c2c1)c1cccc(Cl)c1. The second-order valence-electron chi connectivity index (χ2n) is 4.88. The molecule has 1 amide bonds. The minimum Gasteiger partial charge on any atom is -0.346 e. The fraction of sp³-hybridized carbons (Fsp3) is 0.125. The van der Waals surface area contributed by atoms with Crippen LogP contribution in [-0.4, -0.2) is 15.9 Å². The molecule has 0 aliphatic heterocycles. The number of H-pyrrole nitrogens is 1. The highest BCUT2D eigenvalue weighted by Gasteiger charge is 2.12. The number of benzene rings is 2. The Bertz CT molecular complexity index is 797. The van der Waals surface area contributed by atoms with E-state index in [9.17, 15) is 4.79 Å². The average molecular weight is 300 g/mol. The van der Waals surface area contributed by atoms with E-state index in [1.165, 1.54) is 0 Å². The maximum Gasteiger partial charge on any atom is 0.251 e. The molecule has 0 saturated heterocycles. The van der Waals surface area contributed by atoms with Gasteiger partial charge in [-0.2, -0.15) is 0 Å². The Labute approximate surface area is 127 Å². The number of aromatic amines is 1. The van der Waals surface area contributed by atoms with E-state index in [0.29, 0.717) is 10.6 Å². The van der Waals surface area contributed by atoms with E-state index in [4.69, 9.17) is 11.6 Å². The summed E-state index contributed by atoms with van der Waals surface area (Å²) in [6, 6.07) is 12.7. The highest BCUT2D eigenvalue weighted by Crippen LogP contribution is 2.18. The molecule has 0 aliphatic carbocycles. The van der Waals surface area contributed by atoms with Crippen LogP contribution in [0.3, 0.4) is 0 Å². The van der Waals surface area contributed by atoms with Crippen LogP contribution in [0.4, 0.5) is 0 Å². The highest BCUT2D eigenvalue weighted by molar-refractivity contribution is 6.30. The van der Waals surface area contributed by atoms with Crippen LogP contribution in [0.2, 0.25) is 5.02 Å². The van der Waals surface area contributed by atoms with Crippen LogP contribution >= 0.6 is 11.6 Å². The first-order valence-corrected chi connectivity index (χ1v) is 7.01. The topological polar surface area (TPSA) is 57.8 Å². The zero-order chi connectivity index (χ0) is 14.8. The Morgan fingerprint density at radius 3 is 2.95 bits per heavy atom. The summed E-state index contributed by atoms with van der Waals surface area (Å²) in [5.41, 5.74) is 3.26. The predicted octanol–water partition coefficient (Wildman–Crippen LogP) is 3.71. The van der Waals surface area contributed by atoms with Crippen LogP contribution in [0.5, 0.6) is 0 Å². The molecule has 0 bridgehead atoms. The summed E-state index contributed by atoms with van der Waals surface area (Å²) in [6.07, 6.45) is 1.61. The van der Waals surface area contributed by atoms with Crippen molar-refractivity contribution >= 4 is 28.5 Å². The van der Waals surface area contributed by atoms with Gasteiger partial charge in [0.15, 0.2) is 0 Å². The van der Waals surface area contributed by atoms with E-state index in [-0.39, 0.29) is 11.9 Å². The zero-order valence-electron chi connectivity index (χ0n) is 11.4. The molecule has 0 fully saturated rings. The molecule has 0 unspecified atom stereocenters. The number of nitrogens with zero attached hydrogens (tertiary/aromatic N) is 1. The van der Waals surface area contributed by atoms with Crippen molar-refractivity contribution in [3.8, 4) is 0 Å². The van der Waals surface area contributed by atoms with Gasteiger partial charge in [0.1, 0.15) is 0 Å². The maximum absolute atomic E-state index is 12.3. The summed E-state index contributed by atoms with van der Waals surface area (Å²) < 4.78 is 0. The molecule has 1 atom stereocenters. The van der Waals surface area contributed by atoms with Crippen LogP contribution in [0.25, 0.3) is 11.0 Å². The number of hydrogen-bond acceptors (Lipinski definition) is 2. The van der Waals surface area contributed by atoms with Gasteiger partial charge in [0.25, 0.3) is 5.91 Å². The molecule has 3 aromatic rings. The monoisotopic (exact) mass is 299 g/mol. The summed E-state index contributed by atoms with van der Waals surface area (Å²) in [5, 5.41) is 3.62. The molecule has 0 radical (unpaired) electrons. The lowest BCUT2D eigenvalue weighted by molar-refractivity contribution is 0.0940. The normalized spacial score (nSPS) is 12.3. The number of halogens is 1. The lowest BCUT2D eigenvalue weighted by atomic mass is 10.1. The van der Waals surface area contributed by atoms with Gasteiger partial charge in [-0.25, -0.2) is 4.98 Å². The number of aromatic nitrogens is 2. The first-order chi connectivity index (χ1) is 10.1. The maximum atomic E-state index is 12.3. The third kappa shape index (κ3) is 2.90. The highest BCUT2D eigenvalue weighted by atomic mass is 35.5. The molecular weight excluding hydrogens is 286 g/mol. The molecule has 2 N–H and O–H groups in total. The van der Waals surface area contributed by atoms with Crippen LogP contribution < -0.4 is 5.32 Å². The lowest BCUT2D eigenvalue weighted by Gasteiger charge is -2.14. The fourth-order valence-corrected chi connectivity index (χ4v) is 2.41. The molecule has 0 saturated carbocycles. The molecule has 0 aliphatic rings. The van der Waals surface area contributed by atoms with Crippen LogP contribution in [-0.2, 0) is 0 Å². The largest absolute Gasteiger partial charge is 0.346 e. The van der Waals surface area contributed by atoms with Gasteiger partial charge >= 0.3 is 0 Å². The molecule has 21 heavy (non-hydrogen) atoms. The molecule has 3 rings (SSSR count). The Balaban J connectivity index is 1.79. The number of hydrogen-bond donors (Lipinski definition) is 2. The summed E-state index contributed by atoms with van der Waals surface area (Å²) in [7, 11) is 0. The molecule has 106 valence electrons. The summed E-state index contributed by atoms with van der Waals surface area (Å²) in [5.74, 6) is -0.126. The van der Waals surface area contributed by atoms with Crippen molar-refractivity contribution in [1.29, 1.82) is 0 Å². The molecule has 5 heteroatoms. The number of carbonyl (C=O) groups excluding carboxylic acids is 1. The fourth-order valence-electron chi connectivity index (χ4n) is 2.22. The number of rotatable bonds is 3. The number of imidazole rings is 1. The van der Waals surface area contributed by atoms with Crippen LogP contribution in [0, 0.1) is 0 Å². The molecule has 1 heterocycles. The minimum absolute atomic E-state index is 0.117. The van der Waals surface area contributed by atoms with E-state index in [0.717, 1.165) is 16.6 Å². The van der Waals surface area contributed by atoms with Crippen molar-refractivity contribution in [2.24, 2.45) is 0 Å². The third-order valence-corrected chi connectivity index (χ3v) is 3.61. The Kier molecular flexibility index (Phi) is 3.62. The summed E-state index contributed by atoms with van der Waals surface area (Å²) >= 11 is 5.97. The van der Waals surface area contributed by atoms with E-state index >= 15 is 0 Å². The quantitative estimate of drug-likeness (QED) is 0.774. The van der Waals surface area contributed by atoms with Crippen molar-refractivity contribution < 1.29 is 4.79 Å². The van der Waals surface area contributed by atoms with Crippen molar-refractivity contribution in [3.05, 3.63) is 64.9 Å². The molecule has 0 spiro atoms. The molecule has 1 aromatic heterocycles. The second-order valence-corrected chi connectivity index (χ2v) is 5.32. The standard InChI is InChI=1S/C16H14ClN3O/c1-10(11-3-2-4-13(17)7-11)20-16(21)12-5-6-14-15(8-12)19-9-18-14/h2-10H,1H3,(H,18,19)(H,20,21)/t10-/m1/s1. The van der Waals surface area contributed by atoms with Gasteiger partial charge in [0, 0.05) is 10.6 Å². The number of nitrogens with one attached hydrogen (secondary N) is 2. The van der Waals surface area contributed by atoms with Gasteiger partial charge in [0.05, 0.1) is 23.4 Å². The van der Waals surface area contributed by atoms with Gasteiger partial charge in [-0.3, -0.25) is 4.79 Å². The number of fused-ring (bicyclic) bond motifs is 1. The second kappa shape index (κ2) is 5.58. The van der Waals surface area contributed by atoms with Crippen molar-refractivity contribution in [2.45, 2.75) is 13.0 Å². The Morgan fingerprint density at radius 2 is 2.14 bits per heavy atom. The Hall–Kier alpha value is -2.33. The zero-order valence-corrected chi connectivity index (χ0v) is 12.2. The van der Waals surface area contributed by atoms with Crippen molar-refractivity contribution in [1.82, 2.24) is 15.3 Å². The smallest absolute Gasteiger partial charge is 0.251 e. The summed E-state index contributed by atoms with van der Waals surface area (Å²) in [6.45, 7) is 1.93. The van der Waals surface area contributed by atoms with Crippen LogP contribution in [0.15, 0.2) is 48.8 Å². The molecular formula is C16H14ClN3O. The van der Waals surface area contributed by atoms with Gasteiger partial charge in [-0.1, -0.05) is 23.7 Å². The average Bonchev–Trinajstić information content (AvgIpc) is 2.94. The lowest BCUT2D eigenvalue weighted by Crippen LogP contribution is -2.26. The first-order valence-electron chi connectivity index (χ1n) is 6.63. The van der Waals surface area contributed by atoms with E-state index in [2.05, 4.69) is 15.3 Å². The van der Waals surface area contributed by atoms with E-state index in [1.807, 2.05) is 37.3 Å². The first kappa shape index (κ1) is 13.6. The van der Waals surface area contributed by atoms with Gasteiger partial charge in [0.2, 0.25) is 0 Å². The molecule has 2 aromatic carbocycles. The third-order valence-electron chi connectivity index (χ3n) is 3.38. The van der Waals surface area contributed by atoms with Crippen molar-refractivity contribution in [2.75, 3.05) is 0 Å². The van der Waals surface area contributed by atoms with Gasteiger partial charge in [-0.15, -0.1) is 0 Å². The van der Waals surface area contributed by atoms with E-state index in [1.54, 1.807) is 18.5 Å². The predicted molar refractivity (Wildman–Crippen MR) is 83.4 cm³/mol. The van der Waals surface area contributed by atoms with E-state index < -0.39 is 0 Å². The van der Waals surface area contributed by atoms with Gasteiger partial charge < -0.3 is 10.3 Å². The summed E-state index contributed by atoms with van der Waals surface area (Å²) in [4.78, 5) is 19.4. The Morgan fingerprint density at radius 1 is 1.29 bits per heavy atom. The minimum atomic E-state index is -0.126. The number of carbonyl (C=O) groups is 1.